The molecule has 0 aromatic carbocycles. The van der Waals surface area contributed by atoms with Gasteiger partial charge in [-0.1, -0.05) is 12.2 Å². The first-order valence-corrected chi connectivity index (χ1v) is 7.73. The van der Waals surface area contributed by atoms with Crippen LogP contribution in [0.25, 0.3) is 0 Å². The molecule has 0 spiro atoms. The molecule has 1 aliphatic rings. The molecular formula is C15H22N2OS. The minimum absolute atomic E-state index is 0.165. The molecular weight excluding hydrogens is 256 g/mol. The van der Waals surface area contributed by atoms with Gasteiger partial charge in [0.1, 0.15) is 0 Å². The van der Waals surface area contributed by atoms with Gasteiger partial charge in [0.05, 0.1) is 6.04 Å². The van der Waals surface area contributed by atoms with Crippen LogP contribution in [0.15, 0.2) is 29.0 Å². The SMILES string of the molecule is CN(C)[C@H](CNC(=O)C[C@@H]1C=CCC1)c1ccsc1. The van der Waals surface area contributed by atoms with Gasteiger partial charge in [-0.3, -0.25) is 4.79 Å². The minimum atomic E-state index is 0.165. The fourth-order valence-electron chi connectivity index (χ4n) is 2.45. The fraction of sp³-hybridized carbons (Fsp3) is 0.533. The first-order chi connectivity index (χ1) is 9.16. The maximum absolute atomic E-state index is 11.9. The van der Waals surface area contributed by atoms with Gasteiger partial charge in [-0.25, -0.2) is 0 Å². The predicted molar refractivity (Wildman–Crippen MR) is 80.2 cm³/mol. The third-order valence-corrected chi connectivity index (χ3v) is 4.31. The molecule has 3 nitrogen and oxygen atoms in total. The summed E-state index contributed by atoms with van der Waals surface area (Å²) >= 11 is 1.70. The number of amides is 1. The largest absolute Gasteiger partial charge is 0.354 e. The normalized spacial score (nSPS) is 19.8. The molecule has 1 heterocycles. The van der Waals surface area contributed by atoms with E-state index < -0.39 is 0 Å². The molecule has 0 bridgehead atoms. The number of nitrogens with zero attached hydrogens (tertiary/aromatic N) is 1. The number of carbonyl (C=O) groups excluding carboxylic acids is 1. The average molecular weight is 278 g/mol. The van der Waals surface area contributed by atoms with Gasteiger partial charge >= 0.3 is 0 Å². The second-order valence-corrected chi connectivity index (χ2v) is 6.09. The molecule has 0 fully saturated rings. The number of allylic oxidation sites excluding steroid dienone is 2. The van der Waals surface area contributed by atoms with Gasteiger partial charge in [0.15, 0.2) is 0 Å². The van der Waals surface area contributed by atoms with E-state index in [1.165, 1.54) is 5.56 Å². The first kappa shape index (κ1) is 14.3. The monoisotopic (exact) mass is 278 g/mol. The Bertz CT molecular complexity index is 425. The van der Waals surface area contributed by atoms with Crippen LogP contribution in [-0.2, 0) is 4.79 Å². The van der Waals surface area contributed by atoms with Crippen molar-refractivity contribution in [2.24, 2.45) is 5.92 Å². The van der Waals surface area contributed by atoms with E-state index >= 15 is 0 Å². The van der Waals surface area contributed by atoms with Crippen LogP contribution in [0.4, 0.5) is 0 Å². The maximum atomic E-state index is 11.9. The van der Waals surface area contributed by atoms with Crippen molar-refractivity contribution in [2.75, 3.05) is 20.6 Å². The second-order valence-electron chi connectivity index (χ2n) is 5.31. The Labute approximate surface area is 119 Å². The summed E-state index contributed by atoms with van der Waals surface area (Å²) in [5.74, 6) is 0.609. The van der Waals surface area contributed by atoms with E-state index in [2.05, 4.69) is 39.2 Å². The number of thiophene rings is 1. The molecule has 4 heteroatoms. The van der Waals surface area contributed by atoms with Gasteiger partial charge < -0.3 is 10.2 Å². The van der Waals surface area contributed by atoms with Crippen LogP contribution in [0.3, 0.4) is 0 Å². The maximum Gasteiger partial charge on any atom is 0.220 e. The van der Waals surface area contributed by atoms with Crippen LogP contribution >= 0.6 is 11.3 Å². The zero-order valence-electron chi connectivity index (χ0n) is 11.6. The molecule has 0 saturated heterocycles. The van der Waals surface area contributed by atoms with E-state index in [1.54, 1.807) is 11.3 Å². The highest BCUT2D eigenvalue weighted by Gasteiger charge is 2.18. The topological polar surface area (TPSA) is 32.3 Å². The Balaban J connectivity index is 1.81. The van der Waals surface area contributed by atoms with Gasteiger partial charge in [0, 0.05) is 13.0 Å². The lowest BCUT2D eigenvalue weighted by Gasteiger charge is -2.24. The van der Waals surface area contributed by atoms with E-state index in [4.69, 9.17) is 0 Å². The molecule has 2 rings (SSSR count). The Hall–Kier alpha value is -1.13. The van der Waals surface area contributed by atoms with E-state index in [1.807, 2.05) is 14.1 Å². The van der Waals surface area contributed by atoms with Crippen LogP contribution in [0.1, 0.15) is 30.9 Å². The summed E-state index contributed by atoms with van der Waals surface area (Å²) in [6.07, 6.45) is 7.20. The van der Waals surface area contributed by atoms with Gasteiger partial charge in [-0.15, -0.1) is 0 Å². The third-order valence-electron chi connectivity index (χ3n) is 3.60. The van der Waals surface area contributed by atoms with Crippen LogP contribution in [0, 0.1) is 5.92 Å². The van der Waals surface area contributed by atoms with Crippen molar-refractivity contribution in [3.63, 3.8) is 0 Å². The zero-order valence-corrected chi connectivity index (χ0v) is 12.5. The number of nitrogens with one attached hydrogen (secondary N) is 1. The van der Waals surface area contributed by atoms with Gasteiger partial charge in [-0.05, 0) is 55.2 Å². The van der Waals surface area contributed by atoms with Crippen molar-refractivity contribution in [3.8, 4) is 0 Å². The molecule has 104 valence electrons. The summed E-state index contributed by atoms with van der Waals surface area (Å²) in [5.41, 5.74) is 1.27. The molecule has 1 aromatic rings. The van der Waals surface area contributed by atoms with Crippen molar-refractivity contribution in [1.82, 2.24) is 10.2 Å². The lowest BCUT2D eigenvalue weighted by Crippen LogP contribution is -2.34. The van der Waals surface area contributed by atoms with Crippen molar-refractivity contribution < 1.29 is 4.79 Å². The molecule has 1 aromatic heterocycles. The second kappa shape index (κ2) is 6.87. The number of hydrogen-bond donors (Lipinski definition) is 1. The Morgan fingerprint density at radius 1 is 1.58 bits per heavy atom. The Morgan fingerprint density at radius 3 is 3.00 bits per heavy atom. The van der Waals surface area contributed by atoms with Crippen LogP contribution in [0.5, 0.6) is 0 Å². The minimum Gasteiger partial charge on any atom is -0.354 e. The lowest BCUT2D eigenvalue weighted by molar-refractivity contribution is -0.121. The van der Waals surface area contributed by atoms with Gasteiger partial charge in [0.25, 0.3) is 0 Å². The van der Waals surface area contributed by atoms with Crippen molar-refractivity contribution >= 4 is 17.2 Å². The summed E-state index contributed by atoms with van der Waals surface area (Å²) in [7, 11) is 4.10. The van der Waals surface area contributed by atoms with E-state index in [-0.39, 0.29) is 11.9 Å². The summed E-state index contributed by atoms with van der Waals surface area (Å²) < 4.78 is 0. The summed E-state index contributed by atoms with van der Waals surface area (Å²) in [5, 5.41) is 7.30. The summed E-state index contributed by atoms with van der Waals surface area (Å²) in [4.78, 5) is 14.1. The van der Waals surface area contributed by atoms with E-state index in [0.29, 0.717) is 18.9 Å². The molecule has 0 unspecified atom stereocenters. The molecule has 0 aliphatic heterocycles. The third kappa shape index (κ3) is 4.18. The number of carbonyl (C=O) groups is 1. The van der Waals surface area contributed by atoms with Gasteiger partial charge in [0.2, 0.25) is 5.91 Å². The van der Waals surface area contributed by atoms with Gasteiger partial charge in [-0.2, -0.15) is 11.3 Å². The van der Waals surface area contributed by atoms with E-state index in [9.17, 15) is 4.79 Å². The standard InChI is InChI=1S/C15H22N2OS/c1-17(2)14(13-7-8-19-11-13)10-16-15(18)9-12-5-3-4-6-12/h3,5,7-8,11-12,14H,4,6,9-10H2,1-2H3,(H,16,18)/t12-,14-/m1/s1. The molecule has 0 radical (unpaired) electrons. The number of rotatable bonds is 6. The van der Waals surface area contributed by atoms with Crippen LogP contribution < -0.4 is 5.32 Å². The van der Waals surface area contributed by atoms with Crippen LogP contribution in [-0.4, -0.2) is 31.4 Å². The Morgan fingerprint density at radius 2 is 2.42 bits per heavy atom. The molecule has 1 aliphatic carbocycles. The Kier molecular flexibility index (Phi) is 5.16. The lowest BCUT2D eigenvalue weighted by atomic mass is 10.0. The predicted octanol–water partition coefficient (Wildman–Crippen LogP) is 2.82. The first-order valence-electron chi connectivity index (χ1n) is 6.78. The molecule has 0 saturated carbocycles. The van der Waals surface area contributed by atoms with Crippen LogP contribution in [0.2, 0.25) is 0 Å². The highest BCUT2D eigenvalue weighted by molar-refractivity contribution is 7.07. The van der Waals surface area contributed by atoms with Crippen molar-refractivity contribution in [2.45, 2.75) is 25.3 Å². The quantitative estimate of drug-likeness (QED) is 0.812. The molecule has 2 atom stereocenters. The number of hydrogen-bond acceptors (Lipinski definition) is 3. The summed E-state index contributed by atoms with van der Waals surface area (Å²) in [6.45, 7) is 0.680. The fourth-order valence-corrected chi connectivity index (χ4v) is 3.16. The van der Waals surface area contributed by atoms with E-state index in [0.717, 1.165) is 12.8 Å². The highest BCUT2D eigenvalue weighted by Crippen LogP contribution is 2.22. The highest BCUT2D eigenvalue weighted by atomic mass is 32.1. The number of likely N-dealkylation sites (N-methyl/N-ethyl adjacent to an activating group) is 1. The van der Waals surface area contributed by atoms with Crippen molar-refractivity contribution in [3.05, 3.63) is 34.5 Å². The van der Waals surface area contributed by atoms with Crippen molar-refractivity contribution in [1.29, 1.82) is 0 Å². The molecule has 19 heavy (non-hydrogen) atoms. The zero-order chi connectivity index (χ0) is 13.7. The average Bonchev–Trinajstić information content (AvgIpc) is 3.01. The molecule has 1 N–H and O–H groups in total. The molecule has 1 amide bonds. The summed E-state index contributed by atoms with van der Waals surface area (Å²) in [6, 6.07) is 2.38. The smallest absolute Gasteiger partial charge is 0.220 e.